The largest absolute Gasteiger partial charge is 0.273 e. The minimum absolute atomic E-state index is 0.00415. The number of amides is 1. The highest BCUT2D eigenvalue weighted by Crippen LogP contribution is 2.35. The van der Waals surface area contributed by atoms with Gasteiger partial charge in [-0.2, -0.15) is 0 Å². The summed E-state index contributed by atoms with van der Waals surface area (Å²) < 4.78 is 52.3. The second-order valence-corrected chi connectivity index (χ2v) is 11.1. The highest BCUT2D eigenvalue weighted by molar-refractivity contribution is 7.94. The minimum atomic E-state index is -3.76. The molecule has 9 heteroatoms. The zero-order valence-corrected chi connectivity index (χ0v) is 16.0. The Morgan fingerprint density at radius 1 is 1.12 bits per heavy atom. The van der Waals surface area contributed by atoms with Crippen molar-refractivity contribution in [2.45, 2.75) is 45.1 Å². The lowest BCUT2D eigenvalue weighted by atomic mass is 9.95. The maximum Gasteiger partial charge on any atom is 0.247 e. The van der Waals surface area contributed by atoms with Crippen LogP contribution in [-0.4, -0.2) is 34.0 Å². The van der Waals surface area contributed by atoms with Gasteiger partial charge >= 0.3 is 0 Å². The summed E-state index contributed by atoms with van der Waals surface area (Å²) in [6.07, 6.45) is 0. The normalized spacial score (nSPS) is 20.4. The van der Waals surface area contributed by atoms with Gasteiger partial charge in [-0.05, 0) is 58.9 Å². The first kappa shape index (κ1) is 18.9. The summed E-state index contributed by atoms with van der Waals surface area (Å²) in [7, 11) is -7.48. The van der Waals surface area contributed by atoms with Crippen molar-refractivity contribution in [3.8, 4) is 0 Å². The van der Waals surface area contributed by atoms with E-state index in [-0.39, 0.29) is 16.3 Å². The number of anilines is 1. The highest BCUT2D eigenvalue weighted by atomic mass is 32.2. The van der Waals surface area contributed by atoms with Crippen LogP contribution in [0, 0.1) is 5.41 Å². The summed E-state index contributed by atoms with van der Waals surface area (Å²) in [6, 6.07) is 5.23. The second kappa shape index (κ2) is 5.53. The van der Waals surface area contributed by atoms with Gasteiger partial charge in [0.1, 0.15) is 0 Å². The number of benzene rings is 1. The van der Waals surface area contributed by atoms with Crippen molar-refractivity contribution in [1.29, 1.82) is 0 Å². The molecule has 2 rings (SSSR count). The molecule has 0 aromatic heterocycles. The molecule has 0 unspecified atom stereocenters. The van der Waals surface area contributed by atoms with Crippen molar-refractivity contribution in [3.63, 3.8) is 0 Å². The average Bonchev–Trinajstić information content (AvgIpc) is 2.51. The van der Waals surface area contributed by atoms with E-state index in [1.165, 1.54) is 24.3 Å². The Balaban J connectivity index is 2.39. The third kappa shape index (κ3) is 3.62. The zero-order chi connectivity index (χ0) is 18.6. The first-order valence-corrected chi connectivity index (χ1v) is 10.5. The number of nitrogens with one attached hydrogen (secondary N) is 1. The SMILES string of the molecule is CC(C)(C)NS(=O)(=O)c1ccc(N2C(=O)C(C)(C)CS2(=O)=O)cc1. The van der Waals surface area contributed by atoms with Crippen molar-refractivity contribution in [1.82, 2.24) is 4.72 Å². The molecular weight excluding hydrogens is 352 g/mol. The maximum atomic E-state index is 12.3. The number of carbonyl (C=O) groups excluding carboxylic acids is 1. The Hall–Kier alpha value is -1.45. The Labute approximate surface area is 143 Å². The van der Waals surface area contributed by atoms with E-state index in [0.717, 1.165) is 4.31 Å². The van der Waals surface area contributed by atoms with Crippen LogP contribution < -0.4 is 9.03 Å². The summed E-state index contributed by atoms with van der Waals surface area (Å²) in [5, 5.41) is 0. The van der Waals surface area contributed by atoms with Gasteiger partial charge in [-0.1, -0.05) is 0 Å². The summed E-state index contributed by atoms with van der Waals surface area (Å²) in [5.41, 5.74) is -1.51. The number of nitrogens with zero attached hydrogens (tertiary/aromatic N) is 1. The topological polar surface area (TPSA) is 101 Å². The predicted octanol–water partition coefficient (Wildman–Crippen LogP) is 1.47. The molecule has 1 aromatic rings. The van der Waals surface area contributed by atoms with Crippen LogP contribution in [0.2, 0.25) is 0 Å². The van der Waals surface area contributed by atoms with Crippen LogP contribution in [0.4, 0.5) is 5.69 Å². The Morgan fingerprint density at radius 3 is 2.00 bits per heavy atom. The number of hydrogen-bond donors (Lipinski definition) is 1. The predicted molar refractivity (Wildman–Crippen MR) is 91.6 cm³/mol. The number of rotatable bonds is 3. The highest BCUT2D eigenvalue weighted by Gasteiger charge is 2.49. The number of hydrogen-bond acceptors (Lipinski definition) is 5. The summed E-state index contributed by atoms with van der Waals surface area (Å²) in [6.45, 7) is 8.29. The van der Waals surface area contributed by atoms with E-state index < -0.39 is 36.9 Å². The van der Waals surface area contributed by atoms with E-state index in [1.54, 1.807) is 34.6 Å². The Morgan fingerprint density at radius 2 is 1.62 bits per heavy atom. The monoisotopic (exact) mass is 374 g/mol. The fraction of sp³-hybridized carbons (Fsp3) is 0.533. The molecule has 1 aliphatic rings. The zero-order valence-electron chi connectivity index (χ0n) is 14.3. The van der Waals surface area contributed by atoms with Crippen LogP contribution in [0.1, 0.15) is 34.6 Å². The molecule has 1 N–H and O–H groups in total. The Kier molecular flexibility index (Phi) is 4.35. The van der Waals surface area contributed by atoms with E-state index in [0.29, 0.717) is 0 Å². The van der Waals surface area contributed by atoms with Crippen molar-refractivity contribution in [3.05, 3.63) is 24.3 Å². The maximum absolute atomic E-state index is 12.3. The van der Waals surface area contributed by atoms with Crippen molar-refractivity contribution < 1.29 is 21.6 Å². The molecule has 0 aliphatic carbocycles. The van der Waals surface area contributed by atoms with Gasteiger partial charge in [0.15, 0.2) is 0 Å². The average molecular weight is 374 g/mol. The molecule has 0 radical (unpaired) electrons. The van der Waals surface area contributed by atoms with Gasteiger partial charge in [-0.15, -0.1) is 0 Å². The van der Waals surface area contributed by atoms with Crippen molar-refractivity contribution >= 4 is 31.6 Å². The summed E-state index contributed by atoms with van der Waals surface area (Å²) in [4.78, 5) is 12.3. The fourth-order valence-electron chi connectivity index (χ4n) is 2.48. The fourth-order valence-corrected chi connectivity index (χ4v) is 6.01. The molecule has 0 spiro atoms. The molecule has 1 aliphatic heterocycles. The van der Waals surface area contributed by atoms with E-state index >= 15 is 0 Å². The van der Waals surface area contributed by atoms with Crippen LogP contribution >= 0.6 is 0 Å². The molecule has 1 fully saturated rings. The van der Waals surface area contributed by atoms with Gasteiger partial charge in [0.25, 0.3) is 0 Å². The quantitative estimate of drug-likeness (QED) is 0.863. The number of carbonyl (C=O) groups is 1. The molecule has 7 nitrogen and oxygen atoms in total. The first-order chi connectivity index (χ1) is 10.7. The molecule has 24 heavy (non-hydrogen) atoms. The van der Waals surface area contributed by atoms with E-state index in [2.05, 4.69) is 4.72 Å². The number of sulfonamides is 2. The van der Waals surface area contributed by atoms with Crippen molar-refractivity contribution in [2.75, 3.05) is 10.1 Å². The summed E-state index contributed by atoms with van der Waals surface area (Å²) >= 11 is 0. The lowest BCUT2D eigenvalue weighted by Crippen LogP contribution is -2.40. The smallest absolute Gasteiger partial charge is 0.247 e. The Bertz CT molecular complexity index is 863. The van der Waals surface area contributed by atoms with Gasteiger partial charge in [0.2, 0.25) is 26.0 Å². The molecule has 1 amide bonds. The molecule has 1 heterocycles. The molecular formula is C15H22N2O5S2. The van der Waals surface area contributed by atoms with Crippen LogP contribution in [0.5, 0.6) is 0 Å². The standard InChI is InChI=1S/C15H22N2O5S2/c1-14(2,3)16-24(21,22)12-8-6-11(7-9-12)17-13(18)15(4,5)10-23(17,19)20/h6-9,16H,10H2,1-5H3. The van der Waals surface area contributed by atoms with E-state index in [9.17, 15) is 21.6 Å². The second-order valence-electron chi connectivity index (χ2n) is 7.56. The molecule has 1 saturated heterocycles. The van der Waals surface area contributed by atoms with Gasteiger partial charge < -0.3 is 0 Å². The van der Waals surface area contributed by atoms with E-state index in [4.69, 9.17) is 0 Å². The molecule has 0 atom stereocenters. The van der Waals surface area contributed by atoms with Crippen LogP contribution in [0.25, 0.3) is 0 Å². The minimum Gasteiger partial charge on any atom is -0.273 e. The van der Waals surface area contributed by atoms with E-state index in [1.807, 2.05) is 0 Å². The third-order valence-electron chi connectivity index (χ3n) is 3.41. The lowest BCUT2D eigenvalue weighted by molar-refractivity contribution is -0.123. The van der Waals surface area contributed by atoms with Gasteiger partial charge in [0.05, 0.1) is 21.8 Å². The van der Waals surface area contributed by atoms with Gasteiger partial charge in [-0.3, -0.25) is 4.79 Å². The lowest BCUT2D eigenvalue weighted by Gasteiger charge is -2.21. The third-order valence-corrected chi connectivity index (χ3v) is 7.20. The van der Waals surface area contributed by atoms with Crippen molar-refractivity contribution in [2.24, 2.45) is 5.41 Å². The molecule has 0 saturated carbocycles. The van der Waals surface area contributed by atoms with Crippen LogP contribution in [0.3, 0.4) is 0 Å². The van der Waals surface area contributed by atoms with Crippen LogP contribution in [-0.2, 0) is 24.8 Å². The summed E-state index contributed by atoms with van der Waals surface area (Å²) in [5.74, 6) is -0.796. The van der Waals surface area contributed by atoms with Crippen LogP contribution in [0.15, 0.2) is 29.2 Å². The molecule has 0 bridgehead atoms. The molecule has 134 valence electrons. The van der Waals surface area contributed by atoms with Gasteiger partial charge in [0, 0.05) is 5.54 Å². The first-order valence-electron chi connectivity index (χ1n) is 7.37. The van der Waals surface area contributed by atoms with Gasteiger partial charge in [-0.25, -0.2) is 25.9 Å². The molecule has 1 aromatic carbocycles.